The van der Waals surface area contributed by atoms with E-state index in [1.165, 1.54) is 76.8 Å². The molecule has 49 heavy (non-hydrogen) atoms. The zero-order valence-electron chi connectivity index (χ0n) is 26.6. The Morgan fingerprint density at radius 1 is 0.388 bits per heavy atom. The molecule has 2 aliphatic rings. The van der Waals surface area contributed by atoms with Gasteiger partial charge in [-0.3, -0.25) is 9.97 Å². The minimum absolute atomic E-state index is 0.447. The Bertz CT molecular complexity index is 2770. The lowest BCUT2D eigenvalue weighted by molar-refractivity contribution is 0.803. The molecule has 0 aliphatic heterocycles. The minimum Gasteiger partial charge on any atom is -0.255 e. The molecule has 0 fully saturated rings. The van der Waals surface area contributed by atoms with Crippen molar-refractivity contribution in [2.24, 2.45) is 0 Å². The summed E-state index contributed by atoms with van der Waals surface area (Å²) in [6.45, 7) is 0. The van der Waals surface area contributed by atoms with E-state index in [4.69, 9.17) is 4.98 Å². The molecular formula is C47H28N2. The zero-order valence-corrected chi connectivity index (χ0v) is 26.6. The second kappa shape index (κ2) is 9.82. The lowest BCUT2D eigenvalue weighted by Crippen LogP contribution is -2.26. The Hall–Kier alpha value is -6.38. The van der Waals surface area contributed by atoms with Crippen LogP contribution >= 0.6 is 0 Å². The van der Waals surface area contributed by atoms with E-state index in [9.17, 15) is 0 Å². The Labute approximate surface area is 284 Å². The highest BCUT2D eigenvalue weighted by atomic mass is 14.8. The van der Waals surface area contributed by atoms with Gasteiger partial charge in [0.05, 0.1) is 16.8 Å². The molecule has 2 heterocycles. The molecule has 0 radical (unpaired) electrons. The molecule has 7 aromatic carbocycles. The molecule has 226 valence electrons. The van der Waals surface area contributed by atoms with E-state index in [-0.39, 0.29) is 0 Å². The van der Waals surface area contributed by atoms with Crippen LogP contribution in [0.3, 0.4) is 0 Å². The predicted molar refractivity (Wildman–Crippen MR) is 202 cm³/mol. The molecule has 2 heteroatoms. The summed E-state index contributed by atoms with van der Waals surface area (Å²) >= 11 is 0. The first kappa shape index (κ1) is 26.7. The van der Waals surface area contributed by atoms with Gasteiger partial charge in [0.25, 0.3) is 0 Å². The number of fused-ring (bicyclic) bond motifs is 16. The summed E-state index contributed by atoms with van der Waals surface area (Å²) in [4.78, 5) is 9.28. The molecule has 2 nitrogen and oxygen atoms in total. The summed E-state index contributed by atoms with van der Waals surface area (Å²) in [5.74, 6) is 0. The van der Waals surface area contributed by atoms with Crippen LogP contribution in [0.4, 0.5) is 0 Å². The molecule has 0 saturated heterocycles. The fourth-order valence-electron chi connectivity index (χ4n) is 8.96. The van der Waals surface area contributed by atoms with Crippen LogP contribution in [-0.2, 0) is 5.41 Å². The Kier molecular flexibility index (Phi) is 5.34. The van der Waals surface area contributed by atoms with Gasteiger partial charge in [0, 0.05) is 18.0 Å². The zero-order chi connectivity index (χ0) is 32.1. The van der Waals surface area contributed by atoms with Crippen molar-refractivity contribution in [2.75, 3.05) is 0 Å². The van der Waals surface area contributed by atoms with Crippen LogP contribution in [0.1, 0.15) is 22.3 Å². The molecule has 0 bridgehead atoms. The van der Waals surface area contributed by atoms with Gasteiger partial charge in [0.1, 0.15) is 0 Å². The molecule has 0 saturated carbocycles. The average Bonchev–Trinajstić information content (AvgIpc) is 3.64. The van der Waals surface area contributed by atoms with Crippen LogP contribution in [0.15, 0.2) is 170 Å². The van der Waals surface area contributed by atoms with E-state index >= 15 is 0 Å². The molecule has 9 aromatic rings. The first-order valence-corrected chi connectivity index (χ1v) is 16.9. The number of pyridine rings is 2. The van der Waals surface area contributed by atoms with Crippen molar-refractivity contribution in [3.8, 4) is 44.8 Å². The van der Waals surface area contributed by atoms with Crippen LogP contribution < -0.4 is 0 Å². The van der Waals surface area contributed by atoms with Gasteiger partial charge in [0.15, 0.2) is 0 Å². The second-order valence-corrected chi connectivity index (χ2v) is 13.3. The number of hydrogen-bond donors (Lipinski definition) is 0. The number of rotatable bonds is 2. The van der Waals surface area contributed by atoms with Crippen molar-refractivity contribution in [2.45, 2.75) is 5.41 Å². The first-order chi connectivity index (χ1) is 24.3. The van der Waals surface area contributed by atoms with Crippen molar-refractivity contribution in [3.63, 3.8) is 0 Å². The number of hydrogen-bond acceptors (Lipinski definition) is 2. The van der Waals surface area contributed by atoms with Crippen molar-refractivity contribution >= 4 is 32.3 Å². The molecule has 0 unspecified atom stereocenters. The van der Waals surface area contributed by atoms with Crippen LogP contribution in [0.2, 0.25) is 0 Å². The predicted octanol–water partition coefficient (Wildman–Crippen LogP) is 11.6. The van der Waals surface area contributed by atoms with Gasteiger partial charge < -0.3 is 0 Å². The number of benzene rings is 7. The van der Waals surface area contributed by atoms with Crippen molar-refractivity contribution in [1.29, 1.82) is 0 Å². The molecule has 0 N–H and O–H groups in total. The maximum Gasteiger partial charge on any atom is 0.0886 e. The topological polar surface area (TPSA) is 25.8 Å². The van der Waals surface area contributed by atoms with E-state index in [1.54, 1.807) is 0 Å². The van der Waals surface area contributed by atoms with E-state index in [0.717, 1.165) is 22.5 Å². The van der Waals surface area contributed by atoms with Crippen LogP contribution in [0, 0.1) is 0 Å². The third-order valence-electron chi connectivity index (χ3n) is 10.9. The molecule has 0 amide bonds. The maximum absolute atomic E-state index is 4.79. The molecular weight excluding hydrogens is 593 g/mol. The standard InChI is InChI=1S/C47H28N2/c1-3-15-37-33(11-1)34-12-2-4-16-38(34)46-45(37)39-26-30-21-20-29(31-22-23-44(49-28-31)43-19-9-10-24-48-43)25-32(30)27-42(39)47(46)40-17-7-5-13-35(40)36-14-6-8-18-41(36)47/h1-28H. The number of aromatic nitrogens is 2. The Morgan fingerprint density at radius 2 is 1.02 bits per heavy atom. The van der Waals surface area contributed by atoms with Gasteiger partial charge in [-0.1, -0.05) is 121 Å². The number of nitrogens with zero attached hydrogens (tertiary/aromatic N) is 2. The fourth-order valence-corrected chi connectivity index (χ4v) is 8.96. The Morgan fingerprint density at radius 3 is 1.73 bits per heavy atom. The van der Waals surface area contributed by atoms with E-state index in [2.05, 4.69) is 145 Å². The van der Waals surface area contributed by atoms with Gasteiger partial charge in [-0.05, 0) is 119 Å². The lowest BCUT2D eigenvalue weighted by Gasteiger charge is -2.32. The van der Waals surface area contributed by atoms with Crippen molar-refractivity contribution in [3.05, 3.63) is 192 Å². The van der Waals surface area contributed by atoms with Gasteiger partial charge in [0.2, 0.25) is 0 Å². The Balaban J connectivity index is 1.23. The first-order valence-electron chi connectivity index (χ1n) is 16.9. The maximum atomic E-state index is 4.79. The molecule has 2 aliphatic carbocycles. The molecule has 11 rings (SSSR count). The minimum atomic E-state index is -0.447. The van der Waals surface area contributed by atoms with Gasteiger partial charge in [-0.2, -0.15) is 0 Å². The summed E-state index contributed by atoms with van der Waals surface area (Å²) in [6.07, 6.45) is 3.78. The van der Waals surface area contributed by atoms with E-state index < -0.39 is 5.41 Å². The summed E-state index contributed by atoms with van der Waals surface area (Å²) < 4.78 is 0. The summed E-state index contributed by atoms with van der Waals surface area (Å²) in [5.41, 5.74) is 14.4. The largest absolute Gasteiger partial charge is 0.255 e. The van der Waals surface area contributed by atoms with Gasteiger partial charge in [-0.25, -0.2) is 0 Å². The molecule has 1 spiro atoms. The highest BCUT2D eigenvalue weighted by molar-refractivity contribution is 6.20. The van der Waals surface area contributed by atoms with Crippen LogP contribution in [-0.4, -0.2) is 9.97 Å². The summed E-state index contributed by atoms with van der Waals surface area (Å²) in [6, 6.07) is 58.1. The van der Waals surface area contributed by atoms with Crippen LogP contribution in [0.25, 0.3) is 77.1 Å². The lowest BCUT2D eigenvalue weighted by atomic mass is 9.69. The van der Waals surface area contributed by atoms with Gasteiger partial charge in [-0.15, -0.1) is 0 Å². The third-order valence-corrected chi connectivity index (χ3v) is 10.9. The van der Waals surface area contributed by atoms with Crippen molar-refractivity contribution < 1.29 is 0 Å². The van der Waals surface area contributed by atoms with E-state index in [1.807, 2.05) is 30.6 Å². The quantitative estimate of drug-likeness (QED) is 0.180. The summed E-state index contributed by atoms with van der Waals surface area (Å²) in [7, 11) is 0. The summed E-state index contributed by atoms with van der Waals surface area (Å²) in [5, 5.41) is 7.71. The molecule has 2 aromatic heterocycles. The monoisotopic (exact) mass is 620 g/mol. The second-order valence-electron chi connectivity index (χ2n) is 13.3. The molecule has 0 atom stereocenters. The normalized spacial score (nSPS) is 13.5. The van der Waals surface area contributed by atoms with Crippen molar-refractivity contribution in [1.82, 2.24) is 9.97 Å². The van der Waals surface area contributed by atoms with Crippen LogP contribution in [0.5, 0.6) is 0 Å². The third kappa shape index (κ3) is 3.50. The smallest absolute Gasteiger partial charge is 0.0886 e. The van der Waals surface area contributed by atoms with Gasteiger partial charge >= 0.3 is 0 Å². The fraction of sp³-hybridized carbons (Fsp3) is 0.0213. The van der Waals surface area contributed by atoms with E-state index in [0.29, 0.717) is 0 Å². The highest BCUT2D eigenvalue weighted by Crippen LogP contribution is 2.65. The SMILES string of the molecule is c1ccc(-c2ccc(-c3ccc4cc5c(cc4c3)C3(c4ccccc4-c4ccccc43)c3c-5c4ccccc4c4ccccc34)cn2)nc1. The highest BCUT2D eigenvalue weighted by Gasteiger charge is 2.53. The average molecular weight is 621 g/mol.